The predicted molar refractivity (Wildman–Crippen MR) is 113 cm³/mol. The lowest BCUT2D eigenvalue weighted by Crippen LogP contribution is -2.37. The van der Waals surface area contributed by atoms with Gasteiger partial charge in [-0.05, 0) is 36.8 Å². The molecule has 1 saturated heterocycles. The zero-order chi connectivity index (χ0) is 19.3. The van der Waals surface area contributed by atoms with E-state index in [2.05, 4.69) is 51.5 Å². The van der Waals surface area contributed by atoms with E-state index in [1.54, 1.807) is 7.05 Å². The third-order valence-electron chi connectivity index (χ3n) is 4.63. The van der Waals surface area contributed by atoms with Gasteiger partial charge in [-0.2, -0.15) is 0 Å². The number of anilines is 1. The van der Waals surface area contributed by atoms with E-state index in [9.17, 15) is 0 Å². The molecule has 0 amide bonds. The van der Waals surface area contributed by atoms with E-state index in [4.69, 9.17) is 4.74 Å². The average molecular weight is 376 g/mol. The highest BCUT2D eigenvalue weighted by atomic mass is 16.5. The molecule has 0 aliphatic carbocycles. The van der Waals surface area contributed by atoms with Gasteiger partial charge in [-0.25, -0.2) is 4.98 Å². The number of nitrogens with one attached hydrogen (secondary N) is 2. The predicted octanol–water partition coefficient (Wildman–Crippen LogP) is 3.19. The Balaban J connectivity index is 1.68. The van der Waals surface area contributed by atoms with Crippen molar-refractivity contribution in [1.82, 2.24) is 15.6 Å². The molecule has 2 N–H and O–H groups in total. The van der Waals surface area contributed by atoms with Gasteiger partial charge in [-0.3, -0.25) is 4.99 Å². The number of hydrogen-bond acceptors (Lipinski definition) is 4. The second-order valence-electron chi connectivity index (χ2n) is 7.60. The molecule has 0 saturated carbocycles. The fraction of sp³-hybridized carbons (Fsp3) is 0.714. The van der Waals surface area contributed by atoms with Crippen molar-refractivity contribution in [1.29, 1.82) is 0 Å². The molecule has 1 aliphatic rings. The van der Waals surface area contributed by atoms with Crippen LogP contribution in [0.4, 0.5) is 5.82 Å². The van der Waals surface area contributed by atoms with Crippen molar-refractivity contribution in [2.75, 3.05) is 44.8 Å². The highest BCUT2D eigenvalue weighted by Gasteiger charge is 2.10. The molecule has 0 spiro atoms. The van der Waals surface area contributed by atoms with Crippen molar-refractivity contribution in [3.63, 3.8) is 0 Å². The smallest absolute Gasteiger partial charge is 0.191 e. The van der Waals surface area contributed by atoms with Crippen LogP contribution >= 0.6 is 0 Å². The maximum Gasteiger partial charge on any atom is 0.191 e. The molecule has 0 bridgehead atoms. The minimum absolute atomic E-state index is 0.590. The minimum atomic E-state index is 0.590. The van der Waals surface area contributed by atoms with Gasteiger partial charge in [0.2, 0.25) is 0 Å². The lowest BCUT2D eigenvalue weighted by atomic mass is 10.2. The van der Waals surface area contributed by atoms with Crippen LogP contribution in [0.3, 0.4) is 0 Å². The fourth-order valence-corrected chi connectivity index (χ4v) is 3.11. The van der Waals surface area contributed by atoms with Gasteiger partial charge in [0.15, 0.2) is 5.96 Å². The number of nitrogens with zero attached hydrogens (tertiary/aromatic N) is 3. The Morgan fingerprint density at radius 3 is 2.59 bits per heavy atom. The van der Waals surface area contributed by atoms with Crippen LogP contribution in [-0.2, 0) is 11.3 Å². The zero-order valence-corrected chi connectivity index (χ0v) is 17.3. The van der Waals surface area contributed by atoms with Crippen molar-refractivity contribution in [3.8, 4) is 0 Å². The summed E-state index contributed by atoms with van der Waals surface area (Å²) < 4.78 is 5.60. The lowest BCUT2D eigenvalue weighted by molar-refractivity contribution is 0.108. The zero-order valence-electron chi connectivity index (χ0n) is 17.3. The van der Waals surface area contributed by atoms with Crippen LogP contribution in [0.5, 0.6) is 0 Å². The van der Waals surface area contributed by atoms with Gasteiger partial charge in [0.05, 0.1) is 0 Å². The molecule has 6 heteroatoms. The van der Waals surface area contributed by atoms with Crippen molar-refractivity contribution < 1.29 is 4.74 Å². The maximum absolute atomic E-state index is 5.60. The van der Waals surface area contributed by atoms with Crippen LogP contribution in [0.25, 0.3) is 0 Å². The summed E-state index contributed by atoms with van der Waals surface area (Å²) in [5, 5.41) is 6.68. The standard InChI is InChI=1S/C21H37N5O/c1-18(2)17-27-14-8-11-23-21(22-3)25-16-19-9-10-20(24-15-19)26-12-6-4-5-7-13-26/h9-10,15,18H,4-8,11-14,16-17H2,1-3H3,(H2,22,23,25). The molecule has 1 aliphatic heterocycles. The summed E-state index contributed by atoms with van der Waals surface area (Å²) in [7, 11) is 1.80. The van der Waals surface area contributed by atoms with Crippen molar-refractivity contribution >= 4 is 11.8 Å². The molecule has 2 rings (SSSR count). The van der Waals surface area contributed by atoms with Crippen molar-refractivity contribution in [2.45, 2.75) is 52.5 Å². The molecule has 1 fully saturated rings. The Morgan fingerprint density at radius 2 is 1.96 bits per heavy atom. The molecule has 0 radical (unpaired) electrons. The summed E-state index contributed by atoms with van der Waals surface area (Å²) in [4.78, 5) is 11.4. The van der Waals surface area contributed by atoms with E-state index in [1.807, 2.05) is 6.20 Å². The first-order valence-corrected chi connectivity index (χ1v) is 10.4. The molecule has 6 nitrogen and oxygen atoms in total. The number of aliphatic imine (C=N–C) groups is 1. The van der Waals surface area contributed by atoms with Gasteiger partial charge < -0.3 is 20.3 Å². The average Bonchev–Trinajstić information content (AvgIpc) is 2.96. The van der Waals surface area contributed by atoms with Crippen LogP contribution in [0, 0.1) is 5.92 Å². The molecular formula is C21H37N5O. The van der Waals surface area contributed by atoms with Crippen LogP contribution in [-0.4, -0.2) is 50.8 Å². The second-order valence-corrected chi connectivity index (χ2v) is 7.60. The van der Waals surface area contributed by atoms with E-state index < -0.39 is 0 Å². The summed E-state index contributed by atoms with van der Waals surface area (Å²) in [6, 6.07) is 4.30. The Kier molecular flexibility index (Phi) is 9.98. The Labute approximate surface area is 164 Å². The van der Waals surface area contributed by atoms with Crippen molar-refractivity contribution in [3.05, 3.63) is 23.9 Å². The summed E-state index contributed by atoms with van der Waals surface area (Å²) in [6.45, 7) is 9.76. The fourth-order valence-electron chi connectivity index (χ4n) is 3.11. The number of rotatable bonds is 9. The van der Waals surface area contributed by atoms with E-state index in [0.717, 1.165) is 63.2 Å². The first kappa shape index (κ1) is 21.5. The molecule has 2 heterocycles. The number of hydrogen-bond donors (Lipinski definition) is 2. The normalized spacial score (nSPS) is 15.7. The third-order valence-corrected chi connectivity index (χ3v) is 4.63. The first-order valence-electron chi connectivity index (χ1n) is 10.4. The molecule has 0 unspecified atom stereocenters. The Hall–Kier alpha value is -1.82. The van der Waals surface area contributed by atoms with E-state index in [0.29, 0.717) is 5.92 Å². The molecule has 27 heavy (non-hydrogen) atoms. The summed E-state index contributed by atoms with van der Waals surface area (Å²) in [5.41, 5.74) is 1.16. The third kappa shape index (κ3) is 8.61. The highest BCUT2D eigenvalue weighted by Crippen LogP contribution is 2.17. The molecule has 152 valence electrons. The Morgan fingerprint density at radius 1 is 1.19 bits per heavy atom. The van der Waals surface area contributed by atoms with E-state index in [-0.39, 0.29) is 0 Å². The van der Waals surface area contributed by atoms with Gasteiger partial charge in [0.25, 0.3) is 0 Å². The van der Waals surface area contributed by atoms with Gasteiger partial charge in [0.1, 0.15) is 5.82 Å². The number of ether oxygens (including phenoxy) is 1. The van der Waals surface area contributed by atoms with Crippen LogP contribution in [0.2, 0.25) is 0 Å². The topological polar surface area (TPSA) is 61.8 Å². The first-order chi connectivity index (χ1) is 13.2. The van der Waals surface area contributed by atoms with Crippen LogP contribution in [0.1, 0.15) is 51.5 Å². The second kappa shape index (κ2) is 12.5. The maximum atomic E-state index is 5.60. The van der Waals surface area contributed by atoms with Crippen molar-refractivity contribution in [2.24, 2.45) is 10.9 Å². The summed E-state index contributed by atoms with van der Waals surface area (Å²) in [6.07, 6.45) is 8.17. The highest BCUT2D eigenvalue weighted by molar-refractivity contribution is 5.79. The van der Waals surface area contributed by atoms with E-state index >= 15 is 0 Å². The molecule has 1 aromatic rings. The van der Waals surface area contributed by atoms with Crippen LogP contribution < -0.4 is 15.5 Å². The molecule has 0 atom stereocenters. The largest absolute Gasteiger partial charge is 0.381 e. The van der Waals surface area contributed by atoms with Gasteiger partial charge in [-0.15, -0.1) is 0 Å². The number of aromatic nitrogens is 1. The SMILES string of the molecule is CN=C(NCCCOCC(C)C)NCc1ccc(N2CCCCCC2)nc1. The molecular weight excluding hydrogens is 338 g/mol. The lowest BCUT2D eigenvalue weighted by Gasteiger charge is -2.21. The Bertz CT molecular complexity index is 536. The number of guanidine groups is 1. The number of pyridine rings is 1. The summed E-state index contributed by atoms with van der Waals surface area (Å²) in [5.74, 6) is 2.51. The van der Waals surface area contributed by atoms with Crippen LogP contribution in [0.15, 0.2) is 23.3 Å². The quantitative estimate of drug-likeness (QED) is 0.394. The van der Waals surface area contributed by atoms with Gasteiger partial charge >= 0.3 is 0 Å². The van der Waals surface area contributed by atoms with E-state index in [1.165, 1.54) is 25.7 Å². The molecule has 1 aromatic heterocycles. The minimum Gasteiger partial charge on any atom is -0.381 e. The van der Waals surface area contributed by atoms with Gasteiger partial charge in [-0.1, -0.05) is 32.8 Å². The monoisotopic (exact) mass is 375 g/mol. The van der Waals surface area contributed by atoms with Gasteiger partial charge in [0, 0.05) is 52.6 Å². The molecule has 0 aromatic carbocycles. The summed E-state index contributed by atoms with van der Waals surface area (Å²) >= 11 is 0.